The molecule has 1 aromatic heterocycles. The van der Waals surface area contributed by atoms with E-state index in [1.54, 1.807) is 12.1 Å². The number of carbonyl (C=O) groups excluding carboxylic acids is 1. The minimum atomic E-state index is -0.507. The summed E-state index contributed by atoms with van der Waals surface area (Å²) in [6.07, 6.45) is 3.60. The highest BCUT2D eigenvalue weighted by Crippen LogP contribution is 2.32. The molecule has 4 rings (SSSR count). The smallest absolute Gasteiger partial charge is 0.307 e. The van der Waals surface area contributed by atoms with Gasteiger partial charge in [0.15, 0.2) is 17.1 Å². The molecule has 0 unspecified atom stereocenters. The third kappa shape index (κ3) is 4.05. The Bertz CT molecular complexity index is 1140. The average molecular weight is 474 g/mol. The second-order valence-electron chi connectivity index (χ2n) is 7.19. The number of hydrogen-bond acceptors (Lipinski definition) is 5. The van der Waals surface area contributed by atoms with Crippen molar-refractivity contribution in [2.45, 2.75) is 19.8 Å². The third-order valence-electron chi connectivity index (χ3n) is 5.14. The van der Waals surface area contributed by atoms with Crippen LogP contribution >= 0.6 is 15.9 Å². The first-order valence-electron chi connectivity index (χ1n) is 9.62. The first-order valence-corrected chi connectivity index (χ1v) is 10.4. The predicted octanol–water partition coefficient (Wildman–Crippen LogP) is 5.02. The summed E-state index contributed by atoms with van der Waals surface area (Å²) in [5.74, 6) is -0.172. The van der Waals surface area contributed by atoms with Crippen molar-refractivity contribution in [1.29, 1.82) is 0 Å². The molecule has 2 aromatic carbocycles. The number of hydrazone groups is 1. The Kier molecular flexibility index (Phi) is 5.76. The summed E-state index contributed by atoms with van der Waals surface area (Å²) in [7, 11) is 1.53. The van der Waals surface area contributed by atoms with Gasteiger partial charge in [-0.25, -0.2) is 9.82 Å². The van der Waals surface area contributed by atoms with Crippen LogP contribution in [0.3, 0.4) is 0 Å². The normalized spacial score (nSPS) is 14.1. The van der Waals surface area contributed by atoms with Crippen LogP contribution in [0.1, 0.15) is 34.5 Å². The fraction of sp³-hybridized carbons (Fsp3) is 0.273. The lowest BCUT2D eigenvalue weighted by Gasteiger charge is -2.19. The van der Waals surface area contributed by atoms with Crippen molar-refractivity contribution in [3.8, 4) is 5.75 Å². The molecular weight excluding hydrogens is 453 g/mol. The monoisotopic (exact) mass is 473 g/mol. The van der Waals surface area contributed by atoms with Gasteiger partial charge in [-0.1, -0.05) is 15.9 Å². The molecule has 2 heterocycles. The molecule has 0 saturated carbocycles. The van der Waals surface area contributed by atoms with Gasteiger partial charge < -0.3 is 14.1 Å². The Morgan fingerprint density at radius 3 is 2.77 bits per heavy atom. The molecule has 1 amide bonds. The summed E-state index contributed by atoms with van der Waals surface area (Å²) >= 11 is 3.40. The summed E-state index contributed by atoms with van der Waals surface area (Å²) in [5.41, 5.74) is 5.01. The van der Waals surface area contributed by atoms with Crippen LogP contribution in [0, 0.1) is 12.7 Å². The molecule has 1 fully saturated rings. The number of halogens is 2. The number of benzene rings is 2. The lowest BCUT2D eigenvalue weighted by Crippen LogP contribution is -2.19. The van der Waals surface area contributed by atoms with E-state index >= 15 is 0 Å². The molecule has 1 saturated heterocycles. The topological polar surface area (TPSA) is 67.1 Å². The van der Waals surface area contributed by atoms with Crippen LogP contribution in [0.15, 0.2) is 44.3 Å². The number of nitrogens with zero attached hydrogens (tertiary/aromatic N) is 2. The molecule has 0 spiro atoms. The van der Waals surface area contributed by atoms with Gasteiger partial charge in [-0.2, -0.15) is 5.10 Å². The molecule has 156 valence electrons. The van der Waals surface area contributed by atoms with Crippen molar-refractivity contribution in [2.75, 3.05) is 25.1 Å². The molecule has 6 nitrogen and oxygen atoms in total. The molecule has 0 atom stereocenters. The van der Waals surface area contributed by atoms with E-state index in [0.29, 0.717) is 22.6 Å². The number of furan rings is 1. The van der Waals surface area contributed by atoms with Crippen LogP contribution in [0.4, 0.5) is 10.1 Å². The lowest BCUT2D eigenvalue weighted by molar-refractivity contribution is 0.0929. The fourth-order valence-electron chi connectivity index (χ4n) is 3.59. The molecule has 30 heavy (non-hydrogen) atoms. The highest BCUT2D eigenvalue weighted by molar-refractivity contribution is 9.10. The minimum Gasteiger partial charge on any atom is -0.493 e. The summed E-state index contributed by atoms with van der Waals surface area (Å²) in [5, 5.41) is 4.70. The molecule has 3 aromatic rings. The van der Waals surface area contributed by atoms with Crippen molar-refractivity contribution in [3.05, 3.63) is 57.5 Å². The number of methoxy groups -OCH3 is 1. The van der Waals surface area contributed by atoms with Gasteiger partial charge in [0.2, 0.25) is 0 Å². The van der Waals surface area contributed by atoms with Crippen LogP contribution in [-0.4, -0.2) is 32.3 Å². The zero-order valence-corrected chi connectivity index (χ0v) is 18.3. The SMILES string of the molecule is COc1cc(Br)cc2cc(C(=O)N/N=C\c3cc(F)c(N4CCCC4)cc3C)oc12. The van der Waals surface area contributed by atoms with Gasteiger partial charge in [-0.3, -0.25) is 4.79 Å². The Balaban J connectivity index is 1.50. The Morgan fingerprint density at radius 1 is 1.27 bits per heavy atom. The molecule has 1 N–H and O–H groups in total. The highest BCUT2D eigenvalue weighted by atomic mass is 79.9. The number of fused-ring (bicyclic) bond motifs is 1. The second kappa shape index (κ2) is 8.47. The van der Waals surface area contributed by atoms with E-state index in [2.05, 4.69) is 31.4 Å². The Hall–Kier alpha value is -2.87. The van der Waals surface area contributed by atoms with Gasteiger partial charge in [0, 0.05) is 28.5 Å². The summed E-state index contributed by atoms with van der Waals surface area (Å²) in [6.45, 7) is 3.64. The number of aryl methyl sites for hydroxylation is 1. The maximum Gasteiger partial charge on any atom is 0.307 e. The molecule has 0 bridgehead atoms. The standard InChI is InChI=1S/C22H21BrFN3O3/c1-13-7-18(27-5-3-4-6-27)17(24)9-15(13)12-25-26-22(28)20-10-14-8-16(23)11-19(29-2)21(14)30-20/h7-12H,3-6H2,1-2H3,(H,26,28)/b25-12-. The van der Waals surface area contributed by atoms with Crippen LogP contribution < -0.4 is 15.1 Å². The fourth-order valence-corrected chi connectivity index (χ4v) is 4.04. The Morgan fingerprint density at radius 2 is 2.03 bits per heavy atom. The van der Waals surface area contributed by atoms with Crippen LogP contribution in [0.5, 0.6) is 5.75 Å². The van der Waals surface area contributed by atoms with Crippen molar-refractivity contribution >= 4 is 44.7 Å². The van der Waals surface area contributed by atoms with Crippen molar-refractivity contribution in [1.82, 2.24) is 5.43 Å². The highest BCUT2D eigenvalue weighted by Gasteiger charge is 2.18. The molecular formula is C22H21BrFN3O3. The summed E-state index contributed by atoms with van der Waals surface area (Å²) < 4.78 is 26.3. The largest absolute Gasteiger partial charge is 0.493 e. The van der Waals surface area contributed by atoms with Crippen LogP contribution in [0.2, 0.25) is 0 Å². The zero-order valence-electron chi connectivity index (χ0n) is 16.7. The van der Waals surface area contributed by atoms with E-state index in [0.717, 1.165) is 41.4 Å². The number of anilines is 1. The van der Waals surface area contributed by atoms with E-state index in [1.807, 2.05) is 19.1 Å². The van der Waals surface area contributed by atoms with E-state index in [9.17, 15) is 9.18 Å². The molecule has 1 aliphatic rings. The maximum atomic E-state index is 14.5. The van der Waals surface area contributed by atoms with Gasteiger partial charge in [-0.05, 0) is 55.7 Å². The van der Waals surface area contributed by atoms with Crippen molar-refractivity contribution < 1.29 is 18.3 Å². The summed E-state index contributed by atoms with van der Waals surface area (Å²) in [4.78, 5) is 14.5. The average Bonchev–Trinajstić information content (AvgIpc) is 3.39. The number of amides is 1. The zero-order chi connectivity index (χ0) is 21.3. The van der Waals surface area contributed by atoms with E-state index in [4.69, 9.17) is 9.15 Å². The molecule has 0 aliphatic carbocycles. The van der Waals surface area contributed by atoms with E-state index in [1.165, 1.54) is 19.4 Å². The van der Waals surface area contributed by atoms with Crippen molar-refractivity contribution in [3.63, 3.8) is 0 Å². The Labute approximate surface area is 181 Å². The van der Waals surface area contributed by atoms with Gasteiger partial charge >= 0.3 is 5.91 Å². The lowest BCUT2D eigenvalue weighted by atomic mass is 10.1. The number of ether oxygens (including phenoxy) is 1. The molecule has 1 aliphatic heterocycles. The van der Waals surface area contributed by atoms with E-state index < -0.39 is 5.91 Å². The van der Waals surface area contributed by atoms with Gasteiger partial charge in [0.25, 0.3) is 0 Å². The number of hydrogen-bond donors (Lipinski definition) is 1. The quantitative estimate of drug-likeness (QED) is 0.417. The third-order valence-corrected chi connectivity index (χ3v) is 5.60. The molecule has 8 heteroatoms. The number of nitrogens with one attached hydrogen (secondary N) is 1. The first-order chi connectivity index (χ1) is 14.5. The first kappa shape index (κ1) is 20.4. The van der Waals surface area contributed by atoms with Gasteiger partial charge in [0.1, 0.15) is 5.82 Å². The maximum absolute atomic E-state index is 14.5. The minimum absolute atomic E-state index is 0.103. The van der Waals surface area contributed by atoms with Crippen molar-refractivity contribution in [2.24, 2.45) is 5.10 Å². The number of rotatable bonds is 5. The van der Waals surface area contributed by atoms with Crippen LogP contribution in [-0.2, 0) is 0 Å². The number of carbonyl (C=O) groups is 1. The van der Waals surface area contributed by atoms with E-state index in [-0.39, 0.29) is 11.6 Å². The second-order valence-corrected chi connectivity index (χ2v) is 8.11. The van der Waals surface area contributed by atoms with Gasteiger partial charge in [-0.15, -0.1) is 0 Å². The van der Waals surface area contributed by atoms with Crippen LogP contribution in [0.25, 0.3) is 11.0 Å². The summed E-state index contributed by atoms with van der Waals surface area (Å²) in [6, 6.07) is 8.48. The predicted molar refractivity (Wildman–Crippen MR) is 118 cm³/mol. The molecule has 0 radical (unpaired) electrons. The van der Waals surface area contributed by atoms with Gasteiger partial charge in [0.05, 0.1) is 19.0 Å².